The highest BCUT2D eigenvalue weighted by Crippen LogP contribution is 2.62. The van der Waals surface area contributed by atoms with Gasteiger partial charge in [-0.15, -0.1) is 0 Å². The fourth-order valence-corrected chi connectivity index (χ4v) is 5.12. The molecule has 3 aliphatic rings. The molecular formula is C20H36O2. The zero-order valence-electron chi connectivity index (χ0n) is 14.9. The summed E-state index contributed by atoms with van der Waals surface area (Å²) < 4.78 is 12.4. The van der Waals surface area contributed by atoms with Crippen LogP contribution in [-0.2, 0) is 9.47 Å². The highest BCUT2D eigenvalue weighted by molar-refractivity contribution is 5.18. The van der Waals surface area contributed by atoms with Crippen LogP contribution in [-0.4, -0.2) is 24.4 Å². The van der Waals surface area contributed by atoms with Gasteiger partial charge in [-0.1, -0.05) is 51.9 Å². The smallest absolute Gasteiger partial charge is 0.103 e. The van der Waals surface area contributed by atoms with E-state index < -0.39 is 0 Å². The lowest BCUT2D eigenvalue weighted by molar-refractivity contribution is 0.0717. The summed E-state index contributed by atoms with van der Waals surface area (Å²) >= 11 is 0. The Morgan fingerprint density at radius 1 is 0.818 bits per heavy atom. The Bertz CT molecular complexity index is 356. The van der Waals surface area contributed by atoms with Crippen LogP contribution in [0, 0.1) is 11.8 Å². The predicted octanol–water partition coefficient (Wildman–Crippen LogP) is 5.49. The van der Waals surface area contributed by atoms with Gasteiger partial charge in [-0.2, -0.15) is 0 Å². The van der Waals surface area contributed by atoms with Gasteiger partial charge in [0, 0.05) is 12.5 Å². The number of rotatable bonds is 0. The van der Waals surface area contributed by atoms with Gasteiger partial charge in [0.05, 0.1) is 12.2 Å². The fraction of sp³-hybridized carbons (Fsp3) is 1.00. The molecular weight excluding hydrogens is 272 g/mol. The molecule has 3 rings (SSSR count). The van der Waals surface area contributed by atoms with E-state index in [2.05, 4.69) is 13.8 Å². The van der Waals surface area contributed by atoms with E-state index in [1.54, 1.807) is 0 Å². The van der Waals surface area contributed by atoms with Crippen LogP contribution in [0.2, 0.25) is 0 Å². The van der Waals surface area contributed by atoms with Crippen LogP contribution >= 0.6 is 0 Å². The third kappa shape index (κ3) is 3.53. The molecule has 2 saturated heterocycles. The minimum absolute atomic E-state index is 0.161. The molecule has 1 aliphatic carbocycles. The normalized spacial score (nSPS) is 45.0. The number of hydrogen-bond donors (Lipinski definition) is 0. The standard InChI is InChI=1S/C20H36O2/c1-17-10-6-4-3-5-7-15-21-16-18-12-9-14-20(18)19(2,22-20)13-8-11-17/h17-18H,3-16H2,1-2H3. The highest BCUT2D eigenvalue weighted by atomic mass is 16.6. The maximum atomic E-state index is 6.40. The van der Waals surface area contributed by atoms with Crippen LogP contribution < -0.4 is 0 Å². The van der Waals surface area contributed by atoms with Crippen LogP contribution in [0.25, 0.3) is 0 Å². The van der Waals surface area contributed by atoms with Gasteiger partial charge in [-0.25, -0.2) is 0 Å². The maximum Gasteiger partial charge on any atom is 0.103 e. The quantitative estimate of drug-likeness (QED) is 0.552. The second-order valence-electron chi connectivity index (χ2n) is 8.44. The van der Waals surface area contributed by atoms with Gasteiger partial charge in [0.2, 0.25) is 0 Å². The van der Waals surface area contributed by atoms with E-state index in [9.17, 15) is 0 Å². The molecule has 1 spiro atoms. The van der Waals surface area contributed by atoms with Crippen LogP contribution in [0.4, 0.5) is 0 Å². The van der Waals surface area contributed by atoms with Crippen molar-refractivity contribution in [3.8, 4) is 0 Å². The molecule has 0 bridgehead atoms. The van der Waals surface area contributed by atoms with Crippen molar-refractivity contribution in [1.29, 1.82) is 0 Å². The molecule has 22 heavy (non-hydrogen) atoms. The lowest BCUT2D eigenvalue weighted by atomic mass is 9.81. The molecule has 1 saturated carbocycles. The second-order valence-corrected chi connectivity index (χ2v) is 8.44. The molecule has 0 aromatic carbocycles. The van der Waals surface area contributed by atoms with E-state index in [1.165, 1.54) is 77.0 Å². The van der Waals surface area contributed by atoms with Crippen LogP contribution in [0.1, 0.15) is 90.9 Å². The van der Waals surface area contributed by atoms with E-state index >= 15 is 0 Å². The van der Waals surface area contributed by atoms with E-state index in [1.807, 2.05) is 0 Å². The number of ether oxygens (including phenoxy) is 2. The minimum atomic E-state index is 0.161. The first-order valence-electron chi connectivity index (χ1n) is 9.94. The van der Waals surface area contributed by atoms with E-state index in [0.717, 1.165) is 19.1 Å². The number of epoxide rings is 1. The summed E-state index contributed by atoms with van der Waals surface area (Å²) in [6.07, 6.45) is 16.1. The Balaban J connectivity index is 1.56. The largest absolute Gasteiger partial charge is 0.381 e. The molecule has 3 fully saturated rings. The van der Waals surface area contributed by atoms with Crippen molar-refractivity contribution in [3.05, 3.63) is 0 Å². The maximum absolute atomic E-state index is 6.40. The lowest BCUT2D eigenvalue weighted by Gasteiger charge is -2.21. The van der Waals surface area contributed by atoms with Gasteiger partial charge in [0.15, 0.2) is 0 Å². The van der Waals surface area contributed by atoms with Crippen molar-refractivity contribution >= 4 is 0 Å². The van der Waals surface area contributed by atoms with Crippen molar-refractivity contribution in [2.45, 2.75) is 102 Å². The summed E-state index contributed by atoms with van der Waals surface area (Å²) in [6.45, 7) is 6.71. The summed E-state index contributed by atoms with van der Waals surface area (Å²) in [4.78, 5) is 0. The van der Waals surface area contributed by atoms with E-state index in [-0.39, 0.29) is 11.2 Å². The first kappa shape index (κ1) is 16.8. The van der Waals surface area contributed by atoms with Crippen molar-refractivity contribution in [2.75, 3.05) is 13.2 Å². The van der Waals surface area contributed by atoms with Crippen LogP contribution in [0.3, 0.4) is 0 Å². The minimum Gasteiger partial charge on any atom is -0.381 e. The SMILES string of the molecule is CC1CCCCCCCOCC2CCCC23OC3(C)CCC1. The highest BCUT2D eigenvalue weighted by Gasteiger charge is 2.70. The Morgan fingerprint density at radius 2 is 1.55 bits per heavy atom. The molecule has 128 valence electrons. The van der Waals surface area contributed by atoms with Gasteiger partial charge < -0.3 is 9.47 Å². The Hall–Kier alpha value is -0.0800. The molecule has 0 aromatic heterocycles. The molecule has 4 atom stereocenters. The molecule has 4 unspecified atom stereocenters. The zero-order valence-corrected chi connectivity index (χ0v) is 14.9. The third-order valence-electron chi connectivity index (χ3n) is 6.68. The molecule has 0 N–H and O–H groups in total. The van der Waals surface area contributed by atoms with Crippen molar-refractivity contribution in [2.24, 2.45) is 11.8 Å². The van der Waals surface area contributed by atoms with Gasteiger partial charge >= 0.3 is 0 Å². The van der Waals surface area contributed by atoms with Crippen molar-refractivity contribution in [3.63, 3.8) is 0 Å². The Labute approximate surface area is 137 Å². The zero-order chi connectivity index (χ0) is 15.5. The average Bonchev–Trinajstić information content (AvgIpc) is 2.87. The summed E-state index contributed by atoms with van der Waals surface area (Å²) in [5, 5.41) is 0. The predicted molar refractivity (Wildman–Crippen MR) is 91.1 cm³/mol. The summed E-state index contributed by atoms with van der Waals surface area (Å²) in [5.74, 6) is 1.55. The fourth-order valence-electron chi connectivity index (χ4n) is 5.12. The van der Waals surface area contributed by atoms with Crippen LogP contribution in [0.15, 0.2) is 0 Å². The van der Waals surface area contributed by atoms with E-state index in [0.29, 0.717) is 5.92 Å². The van der Waals surface area contributed by atoms with Gasteiger partial charge in [-0.05, 0) is 44.9 Å². The molecule has 2 heteroatoms. The molecule has 0 radical (unpaired) electrons. The van der Waals surface area contributed by atoms with Gasteiger partial charge in [0.1, 0.15) is 5.60 Å². The van der Waals surface area contributed by atoms with Crippen molar-refractivity contribution < 1.29 is 9.47 Å². The Kier molecular flexibility index (Phi) is 5.50. The van der Waals surface area contributed by atoms with Crippen molar-refractivity contribution in [1.82, 2.24) is 0 Å². The topological polar surface area (TPSA) is 21.8 Å². The lowest BCUT2D eigenvalue weighted by Crippen LogP contribution is -2.30. The summed E-state index contributed by atoms with van der Waals surface area (Å²) in [6, 6.07) is 0. The molecule has 2 nitrogen and oxygen atoms in total. The first-order chi connectivity index (χ1) is 10.7. The first-order valence-corrected chi connectivity index (χ1v) is 9.94. The third-order valence-corrected chi connectivity index (χ3v) is 6.68. The number of hydrogen-bond acceptors (Lipinski definition) is 2. The molecule has 0 amide bonds. The van der Waals surface area contributed by atoms with E-state index in [4.69, 9.17) is 9.47 Å². The Morgan fingerprint density at radius 3 is 2.45 bits per heavy atom. The second kappa shape index (κ2) is 7.21. The molecule has 0 aromatic rings. The summed E-state index contributed by atoms with van der Waals surface area (Å²) in [7, 11) is 0. The van der Waals surface area contributed by atoms with Gasteiger partial charge in [0.25, 0.3) is 0 Å². The monoisotopic (exact) mass is 308 g/mol. The molecule has 2 aliphatic heterocycles. The van der Waals surface area contributed by atoms with Crippen LogP contribution in [0.5, 0.6) is 0 Å². The average molecular weight is 309 g/mol. The van der Waals surface area contributed by atoms with Gasteiger partial charge in [-0.3, -0.25) is 0 Å². The molecule has 2 heterocycles. The summed E-state index contributed by atoms with van der Waals surface area (Å²) in [5.41, 5.74) is 0.349.